The Morgan fingerprint density at radius 1 is 0.923 bits per heavy atom. The van der Waals surface area contributed by atoms with Crippen LogP contribution in [0.3, 0.4) is 0 Å². The summed E-state index contributed by atoms with van der Waals surface area (Å²) in [6.45, 7) is 11.4. The van der Waals surface area contributed by atoms with Crippen molar-refractivity contribution < 1.29 is 41.1 Å². The van der Waals surface area contributed by atoms with Crippen molar-refractivity contribution in [2.24, 2.45) is 5.41 Å². The molecule has 1 spiro atoms. The van der Waals surface area contributed by atoms with Gasteiger partial charge in [-0.25, -0.2) is 26.9 Å². The van der Waals surface area contributed by atoms with Crippen molar-refractivity contribution in [1.82, 2.24) is 29.4 Å². The molecule has 0 bridgehead atoms. The second kappa shape index (κ2) is 21.8. The van der Waals surface area contributed by atoms with Gasteiger partial charge >= 0.3 is 0 Å². The number of ether oxygens (including phenoxy) is 3. The average molecular weight is 1090 g/mol. The third-order valence-electron chi connectivity index (χ3n) is 17.0. The van der Waals surface area contributed by atoms with Crippen LogP contribution in [-0.2, 0) is 21.3 Å². The number of amides is 1. The number of hydrogen-bond donors (Lipinski definition) is 3. The molecule has 2 aromatic heterocycles. The lowest BCUT2D eigenvalue weighted by Gasteiger charge is -2.58. The number of H-pyrrole nitrogens is 1. The zero-order valence-electron chi connectivity index (χ0n) is 44.3. The number of sulfonamides is 1. The first-order valence-electron chi connectivity index (χ1n) is 27.0. The molecule has 78 heavy (non-hydrogen) atoms. The summed E-state index contributed by atoms with van der Waals surface area (Å²) in [5, 5.41) is 15.8. The maximum absolute atomic E-state index is 16.6. The van der Waals surface area contributed by atoms with Crippen LogP contribution in [0.4, 0.5) is 25.8 Å². The van der Waals surface area contributed by atoms with Crippen LogP contribution in [0, 0.1) is 21.3 Å². The molecule has 17 nitrogen and oxygen atoms in total. The molecular formula is C58H67F2N9O8S. The van der Waals surface area contributed by atoms with E-state index in [1.54, 1.807) is 25.4 Å². The maximum Gasteiger partial charge on any atom is 0.293 e. The van der Waals surface area contributed by atoms with Crippen LogP contribution in [0.1, 0.15) is 91.4 Å². The number of nitrogens with zero attached hydrogens (tertiary/aromatic N) is 6. The number of piperazine rings is 1. The number of alkyl halides is 1. The molecule has 6 heterocycles. The minimum atomic E-state index is -4.80. The van der Waals surface area contributed by atoms with Gasteiger partial charge in [-0.2, -0.15) is 0 Å². The number of piperidine rings is 2. The van der Waals surface area contributed by atoms with E-state index in [0.29, 0.717) is 62.4 Å². The Morgan fingerprint density at radius 2 is 1.68 bits per heavy atom. The number of benzene rings is 4. The predicted molar refractivity (Wildman–Crippen MR) is 293 cm³/mol. The number of hydrogen-bond acceptors (Lipinski definition) is 14. The number of fused-ring (bicyclic) bond motifs is 1. The Hall–Kier alpha value is -6.71. The van der Waals surface area contributed by atoms with E-state index in [1.165, 1.54) is 35.0 Å². The maximum atomic E-state index is 16.6. The number of nitrogens with one attached hydrogen (secondary N) is 3. The molecule has 412 valence electrons. The number of carbonyl (C=O) groups excluding carboxylic acids is 1. The van der Waals surface area contributed by atoms with Gasteiger partial charge in [0.1, 0.15) is 40.1 Å². The minimum absolute atomic E-state index is 0.0771. The first kappa shape index (κ1) is 53.3. The summed E-state index contributed by atoms with van der Waals surface area (Å²) in [5.74, 6) is -0.635. The van der Waals surface area contributed by atoms with Gasteiger partial charge in [0.2, 0.25) is 0 Å². The summed E-state index contributed by atoms with van der Waals surface area (Å²) in [4.78, 5) is 42.0. The largest absolute Gasteiger partial charge is 0.497 e. The normalized spacial score (nSPS) is 20.3. The highest BCUT2D eigenvalue weighted by Gasteiger charge is 2.50. The van der Waals surface area contributed by atoms with Gasteiger partial charge in [0, 0.05) is 94.7 Å². The third kappa shape index (κ3) is 11.1. The number of aromatic nitrogens is 2. The third-order valence-corrected chi connectivity index (χ3v) is 18.4. The number of likely N-dealkylation sites (tertiary alicyclic amines) is 1. The fourth-order valence-corrected chi connectivity index (χ4v) is 13.3. The molecule has 6 aromatic rings. The average Bonchev–Trinajstić information content (AvgIpc) is 3.90. The standard InChI is InChI=1S/C58H67F2N9O8S/c1-38(2)46-6-4-5-7-47(46)53-34-65(33-39-8-10-43(75-3)11-9-39)24-25-68(53)41-30-57(31-41)15-20-67(21-16-57)51-29-54(77-44-26-40-14-19-61-55(40)62-32-44)48(28-49(51)59)56(70)64-78(73,74)45-12-13-50(52(27-45)69(71)72)63-37-58(60)17-22-66(23-18-58)42-35-76-36-42/h4-14,19,26-29,32,38,41-42,53,63H,15-18,20-25,30-31,33-37H2,1-3H3,(H,61,62)(H,64,70). The molecule has 0 radical (unpaired) electrons. The molecule has 20 heteroatoms. The zero-order chi connectivity index (χ0) is 54.3. The van der Waals surface area contributed by atoms with E-state index in [1.807, 2.05) is 21.8 Å². The van der Waals surface area contributed by atoms with Crippen molar-refractivity contribution in [3.63, 3.8) is 0 Å². The molecule has 1 unspecified atom stereocenters. The molecule has 1 saturated carbocycles. The summed E-state index contributed by atoms with van der Waals surface area (Å²) in [6, 6.07) is 27.1. The summed E-state index contributed by atoms with van der Waals surface area (Å²) >= 11 is 0. The zero-order valence-corrected chi connectivity index (χ0v) is 45.1. The van der Waals surface area contributed by atoms with Gasteiger partial charge < -0.3 is 29.4 Å². The Labute approximate surface area is 453 Å². The summed E-state index contributed by atoms with van der Waals surface area (Å²) in [6.07, 6.45) is 7.34. The van der Waals surface area contributed by atoms with Gasteiger partial charge in [0.05, 0.1) is 53.6 Å². The van der Waals surface area contributed by atoms with Crippen LogP contribution >= 0.6 is 0 Å². The topological polar surface area (TPSA) is 188 Å². The van der Waals surface area contributed by atoms with Crippen molar-refractivity contribution >= 4 is 44.0 Å². The minimum Gasteiger partial charge on any atom is -0.497 e. The van der Waals surface area contributed by atoms with Gasteiger partial charge in [-0.1, -0.05) is 50.2 Å². The second-order valence-corrected chi connectivity index (χ2v) is 23.9. The van der Waals surface area contributed by atoms with Crippen LogP contribution in [-0.4, -0.2) is 134 Å². The number of pyridine rings is 1. The van der Waals surface area contributed by atoms with Crippen LogP contribution in [0.5, 0.6) is 17.2 Å². The molecule has 11 rings (SSSR count). The van der Waals surface area contributed by atoms with Crippen molar-refractivity contribution in [2.75, 3.05) is 82.9 Å². The van der Waals surface area contributed by atoms with Crippen LogP contribution in [0.25, 0.3) is 11.0 Å². The molecule has 4 aliphatic heterocycles. The Morgan fingerprint density at radius 3 is 2.38 bits per heavy atom. The lowest BCUT2D eigenvalue weighted by molar-refractivity contribution is -0.384. The highest BCUT2D eigenvalue weighted by molar-refractivity contribution is 7.90. The molecule has 4 aromatic carbocycles. The number of halogens is 2. The predicted octanol–water partition coefficient (Wildman–Crippen LogP) is 9.58. The van der Waals surface area contributed by atoms with Gasteiger partial charge in [0.25, 0.3) is 21.6 Å². The summed E-state index contributed by atoms with van der Waals surface area (Å²) in [7, 11) is -3.11. The number of rotatable bonds is 17. The second-order valence-electron chi connectivity index (χ2n) is 22.3. The lowest BCUT2D eigenvalue weighted by Crippen LogP contribution is -2.60. The number of carbonyl (C=O) groups is 1. The molecule has 1 atom stereocenters. The highest BCUT2D eigenvalue weighted by atomic mass is 32.2. The first-order chi connectivity index (χ1) is 37.5. The Kier molecular flexibility index (Phi) is 14.9. The van der Waals surface area contributed by atoms with Gasteiger partial charge in [-0.15, -0.1) is 0 Å². The van der Waals surface area contributed by atoms with Crippen LogP contribution in [0.15, 0.2) is 108 Å². The molecule has 4 saturated heterocycles. The fourth-order valence-electron chi connectivity index (χ4n) is 12.4. The van der Waals surface area contributed by atoms with E-state index in [2.05, 4.69) is 80.2 Å². The van der Waals surface area contributed by atoms with Gasteiger partial charge in [-0.05, 0) is 109 Å². The number of nitro groups is 1. The molecule has 3 N–H and O–H groups in total. The molecule has 5 fully saturated rings. The van der Waals surface area contributed by atoms with E-state index in [9.17, 15) is 23.3 Å². The number of methoxy groups -OCH3 is 1. The van der Waals surface area contributed by atoms with Crippen molar-refractivity contribution in [1.29, 1.82) is 0 Å². The molecular weight excluding hydrogens is 1020 g/mol. The van der Waals surface area contributed by atoms with Crippen LogP contribution in [0.2, 0.25) is 0 Å². The van der Waals surface area contributed by atoms with E-state index in [0.717, 1.165) is 75.8 Å². The van der Waals surface area contributed by atoms with Crippen LogP contribution < -0.4 is 24.4 Å². The Balaban J connectivity index is 0.783. The quantitative estimate of drug-likeness (QED) is 0.0579. The molecule has 1 aliphatic carbocycles. The molecule has 1 amide bonds. The van der Waals surface area contributed by atoms with E-state index in [-0.39, 0.29) is 59.8 Å². The van der Waals surface area contributed by atoms with Crippen molar-refractivity contribution in [3.05, 3.63) is 142 Å². The smallest absolute Gasteiger partial charge is 0.293 e. The van der Waals surface area contributed by atoms with E-state index in [4.69, 9.17) is 14.2 Å². The van der Waals surface area contributed by atoms with Gasteiger partial charge in [-0.3, -0.25) is 29.6 Å². The lowest BCUT2D eigenvalue weighted by atomic mass is 9.59. The monoisotopic (exact) mass is 1090 g/mol. The summed E-state index contributed by atoms with van der Waals surface area (Å²) in [5.41, 5.74) is 2.14. The van der Waals surface area contributed by atoms with E-state index < -0.39 is 48.5 Å². The SMILES string of the molecule is COc1ccc(CN2CCN(C3CC4(CCN(c5cc(Oc6cnc7[nH]ccc7c6)c(C(=O)NS(=O)(=O)c6ccc(NCC7(F)CCN(C8COC8)CC7)c([N+](=O)[O-])c6)cc5F)CC4)C3)C(c3ccccc3C(C)C)C2)cc1. The van der Waals surface area contributed by atoms with Crippen molar-refractivity contribution in [3.8, 4) is 17.2 Å². The highest BCUT2D eigenvalue weighted by Crippen LogP contribution is 2.54. The van der Waals surface area contributed by atoms with Gasteiger partial charge in [0.15, 0.2) is 0 Å². The fraction of sp³-hybridized carbons (Fsp3) is 0.448. The van der Waals surface area contributed by atoms with E-state index >= 15 is 8.78 Å². The number of aromatic amines is 1. The number of anilines is 2. The van der Waals surface area contributed by atoms with Crippen molar-refractivity contribution in [2.45, 2.75) is 93.5 Å². The summed E-state index contributed by atoms with van der Waals surface area (Å²) < 4.78 is 79.3. The molecule has 5 aliphatic rings. The first-order valence-corrected chi connectivity index (χ1v) is 28.5. The number of nitro benzene ring substituents is 1. The Bertz CT molecular complexity index is 3280.